The molecule has 0 radical (unpaired) electrons. The summed E-state index contributed by atoms with van der Waals surface area (Å²) >= 11 is 0. The average Bonchev–Trinajstić information content (AvgIpc) is 2.46. The monoisotopic (exact) mass is 173 g/mol. The summed E-state index contributed by atoms with van der Waals surface area (Å²) in [7, 11) is 0. The number of benzene rings is 1. The van der Waals surface area contributed by atoms with E-state index in [9.17, 15) is 0 Å². The van der Waals surface area contributed by atoms with E-state index in [1.54, 1.807) is 0 Å². The minimum Gasteiger partial charge on any atom is -0.367 e. The predicted octanol–water partition coefficient (Wildman–Crippen LogP) is 2.80. The van der Waals surface area contributed by atoms with Crippen LogP contribution in [-0.4, -0.2) is 13.1 Å². The maximum Gasteiger partial charge on any atom is 0.0405 e. The molecule has 0 saturated heterocycles. The lowest BCUT2D eigenvalue weighted by Crippen LogP contribution is -2.20. The molecule has 0 aromatic heterocycles. The summed E-state index contributed by atoms with van der Waals surface area (Å²) in [5, 5.41) is 0. The molecule has 1 heterocycles. The number of hydrogen-bond acceptors (Lipinski definition) is 1. The minimum atomic E-state index is 0.663. The van der Waals surface area contributed by atoms with Crippen molar-refractivity contribution >= 4 is 5.69 Å². The number of nitrogens with zero attached hydrogens (tertiary/aromatic N) is 1. The highest BCUT2D eigenvalue weighted by Gasteiger charge is 2.23. The van der Waals surface area contributed by atoms with E-state index in [4.69, 9.17) is 0 Å². The van der Waals surface area contributed by atoms with Crippen LogP contribution in [0.15, 0.2) is 36.9 Å². The van der Waals surface area contributed by atoms with Crippen LogP contribution >= 0.6 is 0 Å². The number of fused-ring (bicyclic) bond motifs is 1. The second kappa shape index (κ2) is 3.25. The topological polar surface area (TPSA) is 3.24 Å². The van der Waals surface area contributed by atoms with Gasteiger partial charge >= 0.3 is 0 Å². The molecule has 0 unspecified atom stereocenters. The zero-order valence-corrected chi connectivity index (χ0v) is 8.03. The minimum absolute atomic E-state index is 0.663. The van der Waals surface area contributed by atoms with Crippen molar-refractivity contribution in [3.05, 3.63) is 42.5 Å². The van der Waals surface area contributed by atoms with E-state index in [-0.39, 0.29) is 0 Å². The first-order valence-electron chi connectivity index (χ1n) is 4.77. The van der Waals surface area contributed by atoms with Crippen LogP contribution in [0.1, 0.15) is 18.4 Å². The highest BCUT2D eigenvalue weighted by Crippen LogP contribution is 2.35. The standard InChI is InChI=1S/C12H15N/c1-3-8-13-9-10(2)11-6-4-5-7-12(11)13/h3-7,10H,1,8-9H2,2H3/t10-/m1/s1. The molecule has 1 aliphatic heterocycles. The highest BCUT2D eigenvalue weighted by molar-refractivity contribution is 5.60. The van der Waals surface area contributed by atoms with Crippen molar-refractivity contribution in [2.24, 2.45) is 0 Å². The molecule has 1 aromatic rings. The van der Waals surface area contributed by atoms with Gasteiger partial charge in [0.2, 0.25) is 0 Å². The van der Waals surface area contributed by atoms with Crippen LogP contribution in [0.3, 0.4) is 0 Å². The van der Waals surface area contributed by atoms with E-state index < -0.39 is 0 Å². The Hall–Kier alpha value is -1.24. The molecule has 1 atom stereocenters. The molecule has 0 N–H and O–H groups in total. The normalized spacial score (nSPS) is 20.1. The van der Waals surface area contributed by atoms with Gasteiger partial charge in [0.25, 0.3) is 0 Å². The predicted molar refractivity (Wildman–Crippen MR) is 57.3 cm³/mol. The van der Waals surface area contributed by atoms with Gasteiger partial charge in [0.05, 0.1) is 0 Å². The van der Waals surface area contributed by atoms with Crippen molar-refractivity contribution in [2.45, 2.75) is 12.8 Å². The number of hydrogen-bond donors (Lipinski definition) is 0. The summed E-state index contributed by atoms with van der Waals surface area (Å²) in [5.74, 6) is 0.663. The van der Waals surface area contributed by atoms with Crippen molar-refractivity contribution in [1.82, 2.24) is 0 Å². The molecule has 2 rings (SSSR count). The molecule has 0 bridgehead atoms. The summed E-state index contributed by atoms with van der Waals surface area (Å²) in [6.45, 7) is 8.15. The van der Waals surface area contributed by atoms with Crippen LogP contribution in [0.25, 0.3) is 0 Å². The smallest absolute Gasteiger partial charge is 0.0405 e. The zero-order chi connectivity index (χ0) is 9.26. The Morgan fingerprint density at radius 3 is 3.08 bits per heavy atom. The van der Waals surface area contributed by atoms with Crippen molar-refractivity contribution in [2.75, 3.05) is 18.0 Å². The highest BCUT2D eigenvalue weighted by atomic mass is 15.1. The quantitative estimate of drug-likeness (QED) is 0.622. The molecular weight excluding hydrogens is 158 g/mol. The molecule has 68 valence electrons. The fourth-order valence-electron chi connectivity index (χ4n) is 2.05. The summed E-state index contributed by atoms with van der Waals surface area (Å²) in [6.07, 6.45) is 1.97. The SMILES string of the molecule is C=CCN1C[C@@H](C)c2ccccc21. The molecule has 0 amide bonds. The van der Waals surface area contributed by atoms with E-state index in [1.165, 1.54) is 11.3 Å². The maximum absolute atomic E-state index is 3.78. The van der Waals surface area contributed by atoms with Crippen LogP contribution in [-0.2, 0) is 0 Å². The molecule has 0 spiro atoms. The van der Waals surface area contributed by atoms with Gasteiger partial charge in [0.15, 0.2) is 0 Å². The van der Waals surface area contributed by atoms with Crippen LogP contribution in [0.5, 0.6) is 0 Å². The van der Waals surface area contributed by atoms with E-state index in [0.717, 1.165) is 13.1 Å². The first kappa shape index (κ1) is 8.36. The molecule has 0 fully saturated rings. The van der Waals surface area contributed by atoms with Crippen molar-refractivity contribution in [1.29, 1.82) is 0 Å². The fraction of sp³-hybridized carbons (Fsp3) is 0.333. The van der Waals surface area contributed by atoms with Gasteiger partial charge in [0, 0.05) is 24.7 Å². The Kier molecular flexibility index (Phi) is 2.09. The lowest BCUT2D eigenvalue weighted by molar-refractivity contribution is 0.777. The van der Waals surface area contributed by atoms with E-state index in [0.29, 0.717) is 5.92 Å². The third-order valence-electron chi connectivity index (χ3n) is 2.65. The van der Waals surface area contributed by atoms with Crippen molar-refractivity contribution in [3.63, 3.8) is 0 Å². The lowest BCUT2D eigenvalue weighted by atomic mass is 10.0. The summed E-state index contributed by atoms with van der Waals surface area (Å²) in [4.78, 5) is 2.38. The first-order chi connectivity index (χ1) is 6.33. The zero-order valence-electron chi connectivity index (χ0n) is 8.03. The van der Waals surface area contributed by atoms with E-state index in [1.807, 2.05) is 6.08 Å². The Bertz CT molecular complexity index is 317. The van der Waals surface area contributed by atoms with Crippen LogP contribution in [0.4, 0.5) is 5.69 Å². The third kappa shape index (κ3) is 1.35. The van der Waals surface area contributed by atoms with E-state index >= 15 is 0 Å². The Balaban J connectivity index is 2.35. The summed E-state index contributed by atoms with van der Waals surface area (Å²) in [6, 6.07) is 8.64. The van der Waals surface area contributed by atoms with Crippen molar-refractivity contribution in [3.8, 4) is 0 Å². The Morgan fingerprint density at radius 1 is 1.54 bits per heavy atom. The number of anilines is 1. The lowest BCUT2D eigenvalue weighted by Gasteiger charge is -2.16. The summed E-state index contributed by atoms with van der Waals surface area (Å²) < 4.78 is 0. The molecule has 0 saturated carbocycles. The van der Waals surface area contributed by atoms with Gasteiger partial charge in [-0.1, -0.05) is 31.2 Å². The first-order valence-corrected chi connectivity index (χ1v) is 4.77. The maximum atomic E-state index is 3.78. The Labute approximate surface area is 79.7 Å². The second-order valence-corrected chi connectivity index (χ2v) is 3.65. The number of rotatable bonds is 2. The van der Waals surface area contributed by atoms with Crippen LogP contribution in [0.2, 0.25) is 0 Å². The molecule has 1 aromatic carbocycles. The van der Waals surface area contributed by atoms with Gasteiger partial charge in [-0.05, 0) is 11.6 Å². The van der Waals surface area contributed by atoms with Crippen LogP contribution in [0, 0.1) is 0 Å². The second-order valence-electron chi connectivity index (χ2n) is 3.65. The molecule has 0 aliphatic carbocycles. The average molecular weight is 173 g/mol. The third-order valence-corrected chi connectivity index (χ3v) is 2.65. The van der Waals surface area contributed by atoms with Gasteiger partial charge in [-0.25, -0.2) is 0 Å². The van der Waals surface area contributed by atoms with Gasteiger partial charge in [-0.3, -0.25) is 0 Å². The Morgan fingerprint density at radius 2 is 2.31 bits per heavy atom. The molecule has 13 heavy (non-hydrogen) atoms. The largest absolute Gasteiger partial charge is 0.367 e. The van der Waals surface area contributed by atoms with Crippen LogP contribution < -0.4 is 4.90 Å². The van der Waals surface area contributed by atoms with E-state index in [2.05, 4.69) is 42.7 Å². The molecule has 1 aliphatic rings. The summed E-state index contributed by atoms with van der Waals surface area (Å²) in [5.41, 5.74) is 2.86. The van der Waals surface area contributed by atoms with Gasteiger partial charge in [-0.2, -0.15) is 0 Å². The molecular formula is C12H15N. The number of para-hydroxylation sites is 1. The van der Waals surface area contributed by atoms with Gasteiger partial charge in [-0.15, -0.1) is 6.58 Å². The van der Waals surface area contributed by atoms with Gasteiger partial charge < -0.3 is 4.90 Å². The van der Waals surface area contributed by atoms with Gasteiger partial charge in [0.1, 0.15) is 0 Å². The van der Waals surface area contributed by atoms with Crippen molar-refractivity contribution < 1.29 is 0 Å². The molecule has 1 nitrogen and oxygen atoms in total. The molecule has 1 heteroatoms. The fourth-order valence-corrected chi connectivity index (χ4v) is 2.05.